The minimum atomic E-state index is -0.250. The zero-order chi connectivity index (χ0) is 6.12. The molecule has 0 aromatic heterocycles. The highest BCUT2D eigenvalue weighted by Crippen LogP contribution is 1.28. The second-order valence-corrected chi connectivity index (χ2v) is 0.420. The first-order chi connectivity index (χ1) is 3.33. The number of hydrogen-bond donors (Lipinski definition) is 1. The molecule has 0 aliphatic carbocycles. The third-order valence-corrected chi connectivity index (χ3v) is 0.0913. The van der Waals surface area contributed by atoms with Crippen molar-refractivity contribution in [3.8, 4) is 0 Å². The Labute approximate surface area is 40.5 Å². The molecule has 0 rings (SSSR count). The van der Waals surface area contributed by atoms with Gasteiger partial charge in [-0.25, -0.2) is 9.79 Å². The van der Waals surface area contributed by atoms with Crippen LogP contribution >= 0.6 is 0 Å². The summed E-state index contributed by atoms with van der Waals surface area (Å²) in [6, 6.07) is 0. The van der Waals surface area contributed by atoms with Gasteiger partial charge in [0, 0.05) is 7.05 Å². The van der Waals surface area contributed by atoms with E-state index in [0.29, 0.717) is 0 Å². The Balaban J connectivity index is 0. The van der Waals surface area contributed by atoms with Gasteiger partial charge in [0.15, 0.2) is 0 Å². The molecule has 0 fully saturated rings. The maximum atomic E-state index is 8.88. The molecule has 0 saturated heterocycles. The molecule has 0 aromatic rings. The first-order valence-electron chi connectivity index (χ1n) is 1.37. The molecule has 0 radical (unpaired) electrons. The SMILES string of the molecule is CN=C=O.O=CO. The summed E-state index contributed by atoms with van der Waals surface area (Å²) < 4.78 is 0. The van der Waals surface area contributed by atoms with Crippen molar-refractivity contribution in [2.45, 2.75) is 0 Å². The molecular formula is C3H5NO3. The van der Waals surface area contributed by atoms with E-state index in [1.165, 1.54) is 13.1 Å². The van der Waals surface area contributed by atoms with Crippen LogP contribution in [-0.2, 0) is 9.59 Å². The predicted molar refractivity (Wildman–Crippen MR) is 22.7 cm³/mol. The number of isocyanates is 1. The number of carbonyl (C=O) groups excluding carboxylic acids is 1. The van der Waals surface area contributed by atoms with Gasteiger partial charge in [0.1, 0.15) is 0 Å². The third-order valence-electron chi connectivity index (χ3n) is 0.0913. The van der Waals surface area contributed by atoms with E-state index in [0.717, 1.165) is 0 Å². The molecule has 0 aliphatic heterocycles. The average Bonchev–Trinajstić information content (AvgIpc) is 1.69. The van der Waals surface area contributed by atoms with E-state index in [1.807, 2.05) is 0 Å². The number of carboxylic acid groups (broad SMARTS) is 1. The van der Waals surface area contributed by atoms with Crippen molar-refractivity contribution in [1.29, 1.82) is 0 Å². The van der Waals surface area contributed by atoms with Crippen LogP contribution in [0.4, 0.5) is 0 Å². The molecular weight excluding hydrogens is 98.0 g/mol. The van der Waals surface area contributed by atoms with Crippen LogP contribution in [0.3, 0.4) is 0 Å². The summed E-state index contributed by atoms with van der Waals surface area (Å²) in [5.41, 5.74) is 0. The Morgan fingerprint density at radius 1 is 1.86 bits per heavy atom. The van der Waals surface area contributed by atoms with Gasteiger partial charge in [-0.3, -0.25) is 4.79 Å². The van der Waals surface area contributed by atoms with Gasteiger partial charge >= 0.3 is 0 Å². The lowest BCUT2D eigenvalue weighted by Crippen LogP contribution is -1.49. The van der Waals surface area contributed by atoms with Crippen molar-refractivity contribution in [1.82, 2.24) is 0 Å². The Morgan fingerprint density at radius 3 is 2.00 bits per heavy atom. The average molecular weight is 103 g/mol. The number of rotatable bonds is 0. The lowest BCUT2D eigenvalue weighted by atomic mass is 11.4. The van der Waals surface area contributed by atoms with Crippen LogP contribution in [0.1, 0.15) is 0 Å². The maximum Gasteiger partial charge on any atom is 0.290 e. The second kappa shape index (κ2) is 21.0. The zero-order valence-electron chi connectivity index (χ0n) is 3.79. The van der Waals surface area contributed by atoms with E-state index < -0.39 is 0 Å². The van der Waals surface area contributed by atoms with Crippen molar-refractivity contribution in [2.75, 3.05) is 7.05 Å². The standard InChI is InChI=1S/C2H3NO.CH2O2/c1-3-2-4;2-1-3/h1H3;1H,(H,2,3). The lowest BCUT2D eigenvalue weighted by molar-refractivity contribution is -0.122. The minimum absolute atomic E-state index is 0.250. The van der Waals surface area contributed by atoms with Crippen molar-refractivity contribution in [3.05, 3.63) is 0 Å². The molecule has 7 heavy (non-hydrogen) atoms. The minimum Gasteiger partial charge on any atom is -0.483 e. The smallest absolute Gasteiger partial charge is 0.290 e. The Bertz CT molecular complexity index is 74.2. The van der Waals surface area contributed by atoms with Crippen LogP contribution in [-0.4, -0.2) is 24.7 Å². The van der Waals surface area contributed by atoms with Gasteiger partial charge < -0.3 is 5.11 Å². The van der Waals surface area contributed by atoms with E-state index in [9.17, 15) is 0 Å². The van der Waals surface area contributed by atoms with Gasteiger partial charge in [-0.05, 0) is 0 Å². The molecule has 4 nitrogen and oxygen atoms in total. The molecule has 0 aliphatic rings. The van der Waals surface area contributed by atoms with Crippen LogP contribution in [0.5, 0.6) is 0 Å². The lowest BCUT2D eigenvalue weighted by Gasteiger charge is -1.36. The summed E-state index contributed by atoms with van der Waals surface area (Å²) >= 11 is 0. The summed E-state index contributed by atoms with van der Waals surface area (Å²) in [4.78, 5) is 20.2. The summed E-state index contributed by atoms with van der Waals surface area (Å²) in [6.07, 6.45) is 1.31. The monoisotopic (exact) mass is 103 g/mol. The first-order valence-corrected chi connectivity index (χ1v) is 1.37. The number of carbonyl (C=O) groups is 1. The number of nitrogens with zero attached hydrogens (tertiary/aromatic N) is 1. The molecule has 0 spiro atoms. The quantitative estimate of drug-likeness (QED) is 0.259. The molecule has 0 atom stereocenters. The van der Waals surface area contributed by atoms with Crippen molar-refractivity contribution in [3.63, 3.8) is 0 Å². The van der Waals surface area contributed by atoms with Crippen LogP contribution in [0, 0.1) is 0 Å². The normalized spacial score (nSPS) is 4.14. The molecule has 0 amide bonds. The molecule has 1 N–H and O–H groups in total. The second-order valence-electron chi connectivity index (χ2n) is 0.420. The fourth-order valence-electron chi connectivity index (χ4n) is 0. The highest BCUT2D eigenvalue weighted by Gasteiger charge is 1.29. The van der Waals surface area contributed by atoms with Crippen molar-refractivity contribution >= 4 is 12.6 Å². The van der Waals surface area contributed by atoms with Crippen molar-refractivity contribution < 1.29 is 14.7 Å². The topological polar surface area (TPSA) is 66.7 Å². The summed E-state index contributed by atoms with van der Waals surface area (Å²) in [7, 11) is 1.38. The van der Waals surface area contributed by atoms with Gasteiger partial charge in [-0.1, -0.05) is 0 Å². The molecule has 40 valence electrons. The van der Waals surface area contributed by atoms with Crippen LogP contribution in [0.25, 0.3) is 0 Å². The number of hydrogen-bond acceptors (Lipinski definition) is 3. The van der Waals surface area contributed by atoms with Crippen LogP contribution < -0.4 is 0 Å². The van der Waals surface area contributed by atoms with E-state index in [1.54, 1.807) is 0 Å². The van der Waals surface area contributed by atoms with Gasteiger partial charge in [-0.2, -0.15) is 0 Å². The predicted octanol–water partition coefficient (Wildman–Crippen LogP) is -0.347. The molecule has 0 heterocycles. The van der Waals surface area contributed by atoms with Crippen LogP contribution in [0.2, 0.25) is 0 Å². The summed E-state index contributed by atoms with van der Waals surface area (Å²) in [6.45, 7) is -0.250. The van der Waals surface area contributed by atoms with E-state index >= 15 is 0 Å². The Kier molecular flexibility index (Phi) is 27.9. The fraction of sp³-hybridized carbons (Fsp3) is 0.333. The summed E-state index contributed by atoms with van der Waals surface area (Å²) in [5, 5.41) is 6.89. The largest absolute Gasteiger partial charge is 0.483 e. The van der Waals surface area contributed by atoms with Gasteiger partial charge in [0.2, 0.25) is 6.08 Å². The van der Waals surface area contributed by atoms with E-state index in [4.69, 9.17) is 14.7 Å². The van der Waals surface area contributed by atoms with Crippen LogP contribution in [0.15, 0.2) is 4.99 Å². The first kappa shape index (κ1) is 9.28. The number of aliphatic imine (C=N–C) groups is 1. The van der Waals surface area contributed by atoms with Gasteiger partial charge in [0.25, 0.3) is 6.47 Å². The Hall–Kier alpha value is -1.15. The van der Waals surface area contributed by atoms with Gasteiger partial charge in [0.05, 0.1) is 0 Å². The highest BCUT2D eigenvalue weighted by molar-refractivity contribution is 5.32. The maximum absolute atomic E-state index is 8.88. The molecule has 0 unspecified atom stereocenters. The van der Waals surface area contributed by atoms with E-state index in [2.05, 4.69) is 4.99 Å². The van der Waals surface area contributed by atoms with Crippen molar-refractivity contribution in [2.24, 2.45) is 4.99 Å². The molecule has 0 aromatic carbocycles. The Morgan fingerprint density at radius 2 is 2.00 bits per heavy atom. The zero-order valence-corrected chi connectivity index (χ0v) is 3.79. The highest BCUT2D eigenvalue weighted by atomic mass is 16.3. The summed E-state index contributed by atoms with van der Waals surface area (Å²) in [5.74, 6) is 0. The molecule has 0 saturated carbocycles. The molecule has 4 heteroatoms. The fourth-order valence-corrected chi connectivity index (χ4v) is 0. The van der Waals surface area contributed by atoms with Gasteiger partial charge in [-0.15, -0.1) is 0 Å². The van der Waals surface area contributed by atoms with E-state index in [-0.39, 0.29) is 6.47 Å². The third kappa shape index (κ3) is 1750. The molecule has 0 bridgehead atoms.